The summed E-state index contributed by atoms with van der Waals surface area (Å²) in [7, 11) is -8.06. The van der Waals surface area contributed by atoms with Crippen molar-refractivity contribution in [2.75, 3.05) is 52.6 Å². The first-order valence-electron chi connectivity index (χ1n) is 17.9. The van der Waals surface area contributed by atoms with E-state index in [1.54, 1.807) is 24.3 Å². The van der Waals surface area contributed by atoms with Crippen LogP contribution < -0.4 is 9.44 Å². The fourth-order valence-corrected chi connectivity index (χ4v) is 8.39. The van der Waals surface area contributed by atoms with Crippen LogP contribution >= 0.6 is 0 Å². The Bertz CT molecular complexity index is 1870. The van der Waals surface area contributed by atoms with Crippen molar-refractivity contribution in [3.8, 4) is 0 Å². The number of benzene rings is 4. The Morgan fingerprint density at radius 3 is 1.17 bits per heavy atom. The Morgan fingerprint density at radius 2 is 0.852 bits per heavy atom. The lowest BCUT2D eigenvalue weighted by atomic mass is 10.1. The highest BCUT2D eigenvalue weighted by molar-refractivity contribution is 7.89. The minimum absolute atomic E-state index is 0.0624. The van der Waals surface area contributed by atoms with Crippen LogP contribution in [-0.2, 0) is 52.0 Å². The SMILES string of the molecule is Cc1ccc(S(=O)(=O)N[C@@H](Cc2ccccc2)C(=O)N2CCOCCN(C(=O)[C@H](Cc3ccccc3)NS(=O)(=O)c3ccc(C)cc3)CCOCC2)cc1. The van der Waals surface area contributed by atoms with Gasteiger partial charge in [-0.05, 0) is 62.1 Å². The lowest BCUT2D eigenvalue weighted by Crippen LogP contribution is -2.52. The Labute approximate surface area is 318 Å². The average Bonchev–Trinajstić information content (AvgIpc) is 3.15. The van der Waals surface area contributed by atoms with Crippen molar-refractivity contribution in [1.29, 1.82) is 0 Å². The zero-order valence-electron chi connectivity index (χ0n) is 30.6. The van der Waals surface area contributed by atoms with Crippen LogP contribution in [0.1, 0.15) is 22.3 Å². The number of rotatable bonds is 12. The first-order valence-corrected chi connectivity index (χ1v) is 20.9. The van der Waals surface area contributed by atoms with Crippen molar-refractivity contribution in [2.45, 2.75) is 48.6 Å². The second-order valence-corrected chi connectivity index (χ2v) is 16.7. The topological polar surface area (TPSA) is 151 Å². The van der Waals surface area contributed by atoms with Crippen LogP contribution in [0.5, 0.6) is 0 Å². The summed E-state index contributed by atoms with van der Waals surface area (Å²) in [6.07, 6.45) is 0.274. The predicted octanol–water partition coefficient (Wildman–Crippen LogP) is 3.49. The van der Waals surface area contributed by atoms with Gasteiger partial charge in [-0.3, -0.25) is 9.59 Å². The van der Waals surface area contributed by atoms with E-state index in [9.17, 15) is 26.4 Å². The molecule has 14 heteroatoms. The molecular formula is C40H48N4O8S2. The van der Waals surface area contributed by atoms with E-state index in [2.05, 4.69) is 9.44 Å². The van der Waals surface area contributed by atoms with E-state index in [4.69, 9.17) is 9.47 Å². The number of hydrogen-bond donors (Lipinski definition) is 2. The molecule has 2 N–H and O–H groups in total. The second kappa shape index (κ2) is 19.2. The van der Waals surface area contributed by atoms with Crippen molar-refractivity contribution < 1.29 is 35.9 Å². The molecule has 0 saturated carbocycles. The van der Waals surface area contributed by atoms with Gasteiger partial charge < -0.3 is 19.3 Å². The number of nitrogens with one attached hydrogen (secondary N) is 2. The maximum Gasteiger partial charge on any atom is 0.241 e. The number of nitrogens with zero attached hydrogens (tertiary/aromatic N) is 2. The molecule has 0 unspecified atom stereocenters. The minimum Gasteiger partial charge on any atom is -0.378 e. The Kier molecular flexibility index (Phi) is 14.5. The summed E-state index contributed by atoms with van der Waals surface area (Å²) >= 11 is 0. The zero-order chi connectivity index (χ0) is 38.6. The molecule has 54 heavy (non-hydrogen) atoms. The molecule has 4 aromatic carbocycles. The molecule has 0 aromatic heterocycles. The van der Waals surface area contributed by atoms with Gasteiger partial charge in [0.15, 0.2) is 0 Å². The molecule has 2 atom stereocenters. The standard InChI is InChI=1S/C40H48N4O8S2/c1-31-13-17-35(18-14-31)53(47,48)41-37(29-33-9-5-3-6-10-33)39(45)43-21-25-51-27-23-44(24-28-52-26-22-43)40(46)38(30-34-11-7-4-8-12-34)42-54(49,50)36-19-15-32(2)16-20-36/h3-20,37-38,41-42H,21-30H2,1-2H3/t37-,38-/m0/s1. The van der Waals surface area contributed by atoms with Gasteiger partial charge in [0, 0.05) is 26.2 Å². The molecular weight excluding hydrogens is 729 g/mol. The van der Waals surface area contributed by atoms with Crippen LogP contribution in [0.25, 0.3) is 0 Å². The molecule has 1 fully saturated rings. The molecule has 1 aliphatic heterocycles. The number of carbonyl (C=O) groups is 2. The summed E-state index contributed by atoms with van der Waals surface area (Å²) in [4.78, 5) is 31.3. The first kappa shape index (κ1) is 40.7. The highest BCUT2D eigenvalue weighted by Gasteiger charge is 2.32. The monoisotopic (exact) mass is 776 g/mol. The summed E-state index contributed by atoms with van der Waals surface area (Å²) in [6, 6.07) is 29.1. The Hall–Kier alpha value is -4.44. The smallest absolute Gasteiger partial charge is 0.241 e. The molecule has 4 aromatic rings. The van der Waals surface area contributed by atoms with Gasteiger partial charge in [-0.25, -0.2) is 16.8 Å². The summed E-state index contributed by atoms with van der Waals surface area (Å²) in [5, 5.41) is 0. The van der Waals surface area contributed by atoms with Gasteiger partial charge in [0.2, 0.25) is 31.9 Å². The van der Waals surface area contributed by atoms with Gasteiger partial charge in [0.1, 0.15) is 12.1 Å². The quantitative estimate of drug-likeness (QED) is 0.222. The summed E-state index contributed by atoms with van der Waals surface area (Å²) in [5.74, 6) is -0.833. The largest absolute Gasteiger partial charge is 0.378 e. The second-order valence-electron chi connectivity index (χ2n) is 13.2. The summed E-state index contributed by atoms with van der Waals surface area (Å²) in [6.45, 7) is 4.80. The summed E-state index contributed by atoms with van der Waals surface area (Å²) < 4.78 is 70.9. The first-order chi connectivity index (χ1) is 25.9. The highest BCUT2D eigenvalue weighted by Crippen LogP contribution is 2.16. The lowest BCUT2D eigenvalue weighted by Gasteiger charge is -2.30. The van der Waals surface area contributed by atoms with Crippen LogP contribution in [0.15, 0.2) is 119 Å². The normalized spacial score (nSPS) is 16.1. The number of sulfonamides is 2. The van der Waals surface area contributed by atoms with Crippen molar-refractivity contribution >= 4 is 31.9 Å². The van der Waals surface area contributed by atoms with E-state index in [1.165, 1.54) is 34.1 Å². The van der Waals surface area contributed by atoms with Gasteiger partial charge in [0.05, 0.1) is 36.2 Å². The van der Waals surface area contributed by atoms with Crippen LogP contribution in [0, 0.1) is 13.8 Å². The maximum absolute atomic E-state index is 14.1. The predicted molar refractivity (Wildman–Crippen MR) is 206 cm³/mol. The van der Waals surface area contributed by atoms with E-state index in [-0.39, 0.29) is 75.2 Å². The van der Waals surface area contributed by atoms with Crippen molar-refractivity contribution in [3.05, 3.63) is 131 Å². The third kappa shape index (κ3) is 11.8. The number of aryl methyl sites for hydroxylation is 2. The molecule has 0 radical (unpaired) electrons. The molecule has 2 amide bonds. The Morgan fingerprint density at radius 1 is 0.537 bits per heavy atom. The van der Waals surface area contributed by atoms with Crippen LogP contribution in [-0.4, -0.2) is 103 Å². The van der Waals surface area contributed by atoms with Crippen LogP contribution in [0.2, 0.25) is 0 Å². The molecule has 1 saturated heterocycles. The maximum atomic E-state index is 14.1. The molecule has 1 heterocycles. The third-order valence-corrected chi connectivity index (χ3v) is 12.0. The van der Waals surface area contributed by atoms with Crippen molar-refractivity contribution in [1.82, 2.24) is 19.2 Å². The highest BCUT2D eigenvalue weighted by atomic mass is 32.2. The molecule has 0 aliphatic carbocycles. The van der Waals surface area contributed by atoms with Crippen molar-refractivity contribution in [3.63, 3.8) is 0 Å². The van der Waals surface area contributed by atoms with E-state index in [0.717, 1.165) is 22.3 Å². The lowest BCUT2D eigenvalue weighted by molar-refractivity contribution is -0.136. The van der Waals surface area contributed by atoms with E-state index < -0.39 is 43.9 Å². The van der Waals surface area contributed by atoms with E-state index in [1.807, 2.05) is 74.5 Å². The van der Waals surface area contributed by atoms with Gasteiger partial charge in [0.25, 0.3) is 0 Å². The molecule has 1 aliphatic rings. The number of carbonyl (C=O) groups excluding carboxylic acids is 2. The minimum atomic E-state index is -4.03. The fraction of sp³-hybridized carbons (Fsp3) is 0.350. The van der Waals surface area contributed by atoms with Crippen molar-refractivity contribution in [2.24, 2.45) is 0 Å². The molecule has 0 spiro atoms. The zero-order valence-corrected chi connectivity index (χ0v) is 32.2. The average molecular weight is 777 g/mol. The molecule has 0 bridgehead atoms. The van der Waals surface area contributed by atoms with Gasteiger partial charge >= 0.3 is 0 Å². The fourth-order valence-electron chi connectivity index (χ4n) is 6.01. The van der Waals surface area contributed by atoms with Gasteiger partial charge in [-0.15, -0.1) is 0 Å². The molecule has 5 rings (SSSR count). The number of hydrogen-bond acceptors (Lipinski definition) is 8. The number of amides is 2. The van der Waals surface area contributed by atoms with E-state index in [0.29, 0.717) is 0 Å². The Balaban J connectivity index is 1.26. The van der Waals surface area contributed by atoms with Crippen LogP contribution in [0.3, 0.4) is 0 Å². The third-order valence-electron chi connectivity index (χ3n) is 9.06. The molecule has 288 valence electrons. The van der Waals surface area contributed by atoms with Crippen LogP contribution in [0.4, 0.5) is 0 Å². The summed E-state index contributed by atoms with van der Waals surface area (Å²) in [5.41, 5.74) is 3.40. The number of ether oxygens (including phenoxy) is 2. The van der Waals surface area contributed by atoms with Gasteiger partial charge in [-0.2, -0.15) is 9.44 Å². The van der Waals surface area contributed by atoms with Gasteiger partial charge in [-0.1, -0.05) is 96.1 Å². The molecule has 12 nitrogen and oxygen atoms in total. The van der Waals surface area contributed by atoms with E-state index >= 15 is 0 Å².